The number of para-hydroxylation sites is 1. The predicted molar refractivity (Wildman–Crippen MR) is 103 cm³/mol. The summed E-state index contributed by atoms with van der Waals surface area (Å²) in [5.41, 5.74) is 3.45. The molecule has 0 spiro atoms. The van der Waals surface area contributed by atoms with E-state index >= 15 is 0 Å². The number of benzene rings is 2. The molecule has 0 aliphatic carbocycles. The lowest BCUT2D eigenvalue weighted by Gasteiger charge is -2.09. The first-order chi connectivity index (χ1) is 12.5. The van der Waals surface area contributed by atoms with Crippen molar-refractivity contribution < 1.29 is 9.53 Å². The fourth-order valence-corrected chi connectivity index (χ4v) is 2.80. The topological polar surface area (TPSA) is 71.2 Å². The van der Waals surface area contributed by atoms with E-state index in [1.807, 2.05) is 62.4 Å². The smallest absolute Gasteiger partial charge is 0.257 e. The molecule has 1 amide bonds. The average Bonchev–Trinajstić information content (AvgIpc) is 2.61. The number of ether oxygens (including phenoxy) is 1. The highest BCUT2D eigenvalue weighted by atomic mass is 16.5. The van der Waals surface area contributed by atoms with Crippen molar-refractivity contribution in [2.24, 2.45) is 0 Å². The van der Waals surface area contributed by atoms with Crippen molar-refractivity contribution >= 4 is 16.8 Å². The summed E-state index contributed by atoms with van der Waals surface area (Å²) in [5.74, 6) is 0.491. The summed E-state index contributed by atoms with van der Waals surface area (Å²) < 4.78 is 5.51. The lowest BCUT2D eigenvalue weighted by Crippen LogP contribution is -2.31. The Morgan fingerprint density at radius 3 is 2.73 bits per heavy atom. The summed E-state index contributed by atoms with van der Waals surface area (Å²) in [7, 11) is 0. The van der Waals surface area contributed by atoms with Crippen LogP contribution >= 0.6 is 0 Å². The molecule has 0 saturated carbocycles. The van der Waals surface area contributed by atoms with Crippen molar-refractivity contribution in [1.29, 1.82) is 0 Å². The van der Waals surface area contributed by atoms with Crippen LogP contribution in [-0.4, -0.2) is 24.0 Å². The van der Waals surface area contributed by atoms with E-state index < -0.39 is 0 Å². The summed E-state index contributed by atoms with van der Waals surface area (Å²) in [5, 5.41) is 3.77. The first-order valence-electron chi connectivity index (χ1n) is 8.60. The van der Waals surface area contributed by atoms with Gasteiger partial charge in [0.05, 0.1) is 0 Å². The molecule has 2 N–H and O–H groups in total. The Labute approximate surface area is 152 Å². The molecule has 0 aliphatic heterocycles. The number of fused-ring (bicyclic) bond motifs is 1. The minimum atomic E-state index is -0.207. The molecule has 134 valence electrons. The minimum Gasteiger partial charge on any atom is -0.484 e. The van der Waals surface area contributed by atoms with Crippen LogP contribution in [0.15, 0.2) is 53.3 Å². The van der Waals surface area contributed by atoms with Crippen molar-refractivity contribution in [1.82, 2.24) is 10.3 Å². The third-order valence-electron chi connectivity index (χ3n) is 4.25. The number of aromatic amines is 1. The van der Waals surface area contributed by atoms with Gasteiger partial charge in [-0.15, -0.1) is 0 Å². The van der Waals surface area contributed by atoms with Gasteiger partial charge < -0.3 is 15.0 Å². The summed E-state index contributed by atoms with van der Waals surface area (Å²) in [6, 6.07) is 15.4. The van der Waals surface area contributed by atoms with Crippen LogP contribution < -0.4 is 15.6 Å². The lowest BCUT2D eigenvalue weighted by molar-refractivity contribution is -0.123. The first kappa shape index (κ1) is 17.7. The van der Waals surface area contributed by atoms with E-state index in [0.717, 1.165) is 22.0 Å². The molecular formula is C21H22N2O3. The monoisotopic (exact) mass is 350 g/mol. The van der Waals surface area contributed by atoms with Crippen molar-refractivity contribution in [2.45, 2.75) is 20.3 Å². The maximum absolute atomic E-state index is 12.2. The molecule has 26 heavy (non-hydrogen) atoms. The van der Waals surface area contributed by atoms with Crippen LogP contribution in [0, 0.1) is 13.8 Å². The van der Waals surface area contributed by atoms with Crippen LogP contribution in [0.5, 0.6) is 5.75 Å². The molecule has 0 radical (unpaired) electrons. The highest BCUT2D eigenvalue weighted by molar-refractivity contribution is 5.79. The number of aryl methyl sites for hydroxylation is 2. The number of aromatic nitrogens is 1. The number of hydrogen-bond donors (Lipinski definition) is 2. The zero-order valence-electron chi connectivity index (χ0n) is 15.0. The molecule has 0 saturated heterocycles. The zero-order chi connectivity index (χ0) is 18.5. The number of H-pyrrole nitrogens is 1. The van der Waals surface area contributed by atoms with E-state index in [1.165, 1.54) is 0 Å². The van der Waals surface area contributed by atoms with Gasteiger partial charge in [0.25, 0.3) is 11.5 Å². The highest BCUT2D eigenvalue weighted by Crippen LogP contribution is 2.16. The standard InChI is InChI=1S/C21H22N2O3/c1-14-7-8-16-12-17(21(25)23-18(16)11-14)9-10-22-20(24)13-26-19-6-4-3-5-15(19)2/h3-8,11-12H,9-10,13H2,1-2H3,(H,22,24)(H,23,25). The number of amides is 1. The second-order valence-corrected chi connectivity index (χ2v) is 6.37. The SMILES string of the molecule is Cc1ccc2cc(CCNC(=O)COc3ccccc3C)c(=O)[nH]c2c1. The second-order valence-electron chi connectivity index (χ2n) is 6.37. The fourth-order valence-electron chi connectivity index (χ4n) is 2.80. The Hall–Kier alpha value is -3.08. The van der Waals surface area contributed by atoms with Gasteiger partial charge in [-0.25, -0.2) is 0 Å². The number of pyridine rings is 1. The zero-order valence-corrected chi connectivity index (χ0v) is 15.0. The molecule has 2 aromatic carbocycles. The molecule has 0 unspecified atom stereocenters. The largest absolute Gasteiger partial charge is 0.484 e. The Kier molecular flexibility index (Phi) is 5.37. The molecule has 0 aliphatic rings. The number of rotatable bonds is 6. The van der Waals surface area contributed by atoms with Gasteiger partial charge in [-0.3, -0.25) is 9.59 Å². The van der Waals surface area contributed by atoms with Crippen LogP contribution in [0.4, 0.5) is 0 Å². The fraction of sp³-hybridized carbons (Fsp3) is 0.238. The first-order valence-corrected chi connectivity index (χ1v) is 8.60. The molecule has 3 rings (SSSR count). The van der Waals surface area contributed by atoms with Crippen LogP contribution in [0.1, 0.15) is 16.7 Å². The molecule has 5 nitrogen and oxygen atoms in total. The van der Waals surface area contributed by atoms with Gasteiger partial charge in [0.15, 0.2) is 6.61 Å². The number of carbonyl (C=O) groups excluding carboxylic acids is 1. The van der Waals surface area contributed by atoms with E-state index in [2.05, 4.69) is 10.3 Å². The summed E-state index contributed by atoms with van der Waals surface area (Å²) in [6.45, 7) is 4.26. The van der Waals surface area contributed by atoms with E-state index in [1.54, 1.807) is 0 Å². The summed E-state index contributed by atoms with van der Waals surface area (Å²) >= 11 is 0. The molecule has 1 aromatic heterocycles. The quantitative estimate of drug-likeness (QED) is 0.718. The number of carbonyl (C=O) groups is 1. The molecular weight excluding hydrogens is 328 g/mol. The van der Waals surface area contributed by atoms with E-state index in [9.17, 15) is 9.59 Å². The van der Waals surface area contributed by atoms with E-state index in [-0.39, 0.29) is 18.1 Å². The molecule has 0 fully saturated rings. The number of nitrogens with one attached hydrogen (secondary N) is 2. The minimum absolute atomic E-state index is 0.0434. The third kappa shape index (κ3) is 4.30. The molecule has 5 heteroatoms. The molecule has 0 bridgehead atoms. The van der Waals surface area contributed by atoms with Gasteiger partial charge in [-0.1, -0.05) is 30.3 Å². The van der Waals surface area contributed by atoms with Crippen LogP contribution in [0.25, 0.3) is 10.9 Å². The Morgan fingerprint density at radius 2 is 1.92 bits per heavy atom. The highest BCUT2D eigenvalue weighted by Gasteiger charge is 2.07. The molecule has 3 aromatic rings. The number of hydrogen-bond acceptors (Lipinski definition) is 3. The van der Waals surface area contributed by atoms with Gasteiger partial charge in [0.1, 0.15) is 5.75 Å². The Bertz CT molecular complexity index is 992. The normalized spacial score (nSPS) is 10.7. The van der Waals surface area contributed by atoms with Gasteiger partial charge in [0, 0.05) is 17.6 Å². The Morgan fingerprint density at radius 1 is 1.12 bits per heavy atom. The van der Waals surface area contributed by atoms with Crippen molar-refractivity contribution in [2.75, 3.05) is 13.2 Å². The van der Waals surface area contributed by atoms with Crippen LogP contribution in [-0.2, 0) is 11.2 Å². The third-order valence-corrected chi connectivity index (χ3v) is 4.25. The summed E-state index contributed by atoms with van der Waals surface area (Å²) in [6.07, 6.45) is 0.468. The van der Waals surface area contributed by atoms with Gasteiger partial charge in [-0.2, -0.15) is 0 Å². The van der Waals surface area contributed by atoms with Gasteiger partial charge >= 0.3 is 0 Å². The average molecular weight is 350 g/mol. The van der Waals surface area contributed by atoms with Gasteiger partial charge in [-0.05, 0) is 55.0 Å². The second kappa shape index (κ2) is 7.87. The van der Waals surface area contributed by atoms with E-state index in [0.29, 0.717) is 24.3 Å². The summed E-state index contributed by atoms with van der Waals surface area (Å²) in [4.78, 5) is 27.0. The van der Waals surface area contributed by atoms with Gasteiger partial charge in [0.2, 0.25) is 0 Å². The predicted octanol–water partition coefficient (Wildman–Crippen LogP) is 2.88. The maximum Gasteiger partial charge on any atom is 0.257 e. The van der Waals surface area contributed by atoms with E-state index in [4.69, 9.17) is 4.74 Å². The van der Waals surface area contributed by atoms with Crippen molar-refractivity contribution in [3.8, 4) is 5.75 Å². The Balaban J connectivity index is 1.54. The molecule has 1 heterocycles. The van der Waals surface area contributed by atoms with Crippen LogP contribution in [0.2, 0.25) is 0 Å². The van der Waals surface area contributed by atoms with Crippen molar-refractivity contribution in [3.05, 3.63) is 75.6 Å². The van der Waals surface area contributed by atoms with Crippen molar-refractivity contribution in [3.63, 3.8) is 0 Å². The maximum atomic E-state index is 12.2. The lowest BCUT2D eigenvalue weighted by atomic mass is 10.1. The molecule has 0 atom stereocenters. The van der Waals surface area contributed by atoms with Crippen LogP contribution in [0.3, 0.4) is 0 Å².